The Balaban J connectivity index is 1.27. The van der Waals surface area contributed by atoms with Crippen LogP contribution in [0, 0.1) is 0 Å². The number of aromatic nitrogens is 1. The van der Waals surface area contributed by atoms with Crippen molar-refractivity contribution in [1.82, 2.24) is 15.6 Å². The van der Waals surface area contributed by atoms with E-state index in [2.05, 4.69) is 86.3 Å². The first-order valence-electron chi connectivity index (χ1n) is 10.4. The van der Waals surface area contributed by atoms with E-state index >= 15 is 0 Å². The maximum absolute atomic E-state index is 3.54. The second-order valence-corrected chi connectivity index (χ2v) is 8.83. The van der Waals surface area contributed by atoms with Crippen molar-refractivity contribution in [2.45, 2.75) is 0 Å². The number of benzene rings is 2. The molecule has 0 aliphatic carbocycles. The van der Waals surface area contributed by atoms with Crippen molar-refractivity contribution in [2.75, 3.05) is 26.2 Å². The molecule has 0 fully saturated rings. The SMILES string of the molecule is C(=Cc1cc2ccc(C3=[NH+]CCN3)cc2s1)c1cc2ccc(C3=[NH+]CCN3)cc2[nH]1. The minimum atomic E-state index is 0.981. The predicted molar refractivity (Wildman–Crippen MR) is 125 cm³/mol. The molecule has 2 aliphatic rings. The number of hydrogen-bond acceptors (Lipinski definition) is 3. The Morgan fingerprint density at radius 1 is 0.767 bits per heavy atom. The van der Waals surface area contributed by atoms with E-state index in [0.29, 0.717) is 0 Å². The van der Waals surface area contributed by atoms with Crippen LogP contribution in [-0.2, 0) is 0 Å². The predicted octanol–water partition coefficient (Wildman–Crippen LogP) is 0.414. The molecule has 4 heterocycles. The van der Waals surface area contributed by atoms with Gasteiger partial charge < -0.3 is 4.98 Å². The molecule has 5 N–H and O–H groups in total. The molecule has 0 radical (unpaired) electrons. The molecule has 30 heavy (non-hydrogen) atoms. The van der Waals surface area contributed by atoms with E-state index in [1.54, 1.807) is 0 Å². The zero-order valence-corrected chi connectivity index (χ0v) is 17.3. The fraction of sp³-hybridized carbons (Fsp3) is 0.167. The van der Waals surface area contributed by atoms with Gasteiger partial charge in [0, 0.05) is 26.2 Å². The number of amidine groups is 2. The average molecular weight is 414 g/mol. The maximum atomic E-state index is 3.54. The number of fused-ring (bicyclic) bond motifs is 2. The highest BCUT2D eigenvalue weighted by Gasteiger charge is 2.16. The van der Waals surface area contributed by atoms with Crippen LogP contribution in [0.3, 0.4) is 0 Å². The van der Waals surface area contributed by atoms with Gasteiger partial charge in [-0.3, -0.25) is 20.6 Å². The Hall–Kier alpha value is -3.38. The smallest absolute Gasteiger partial charge is 0.275 e. The molecule has 0 unspecified atom stereocenters. The van der Waals surface area contributed by atoms with Crippen molar-refractivity contribution in [1.29, 1.82) is 0 Å². The summed E-state index contributed by atoms with van der Waals surface area (Å²) in [4.78, 5) is 11.6. The summed E-state index contributed by atoms with van der Waals surface area (Å²) in [5.41, 5.74) is 4.70. The van der Waals surface area contributed by atoms with Crippen LogP contribution in [-0.4, -0.2) is 42.8 Å². The van der Waals surface area contributed by atoms with E-state index in [9.17, 15) is 0 Å². The molecule has 0 saturated heterocycles. The number of thiophene rings is 1. The lowest BCUT2D eigenvalue weighted by Crippen LogP contribution is -2.70. The lowest BCUT2D eigenvalue weighted by atomic mass is 10.1. The van der Waals surface area contributed by atoms with Gasteiger partial charge in [0.1, 0.15) is 26.2 Å². The molecule has 0 saturated carbocycles. The van der Waals surface area contributed by atoms with Gasteiger partial charge in [0.15, 0.2) is 0 Å². The third kappa shape index (κ3) is 3.19. The third-order valence-electron chi connectivity index (χ3n) is 5.64. The van der Waals surface area contributed by atoms with Crippen LogP contribution >= 0.6 is 11.3 Å². The largest absolute Gasteiger partial charge is 0.355 e. The van der Waals surface area contributed by atoms with E-state index in [1.807, 2.05) is 11.3 Å². The van der Waals surface area contributed by atoms with Gasteiger partial charge in [-0.25, -0.2) is 0 Å². The van der Waals surface area contributed by atoms with Crippen molar-refractivity contribution in [3.05, 3.63) is 70.2 Å². The molecule has 5 nitrogen and oxygen atoms in total. The first kappa shape index (κ1) is 17.5. The molecule has 4 aromatic rings. The molecule has 6 rings (SSSR count). The fourth-order valence-corrected chi connectivity index (χ4v) is 5.15. The summed E-state index contributed by atoms with van der Waals surface area (Å²) in [5, 5.41) is 9.32. The molecule has 2 aromatic carbocycles. The van der Waals surface area contributed by atoms with E-state index in [-0.39, 0.29) is 0 Å². The number of aromatic amines is 1. The molecular formula is C24H23N5S+2. The molecule has 6 heteroatoms. The van der Waals surface area contributed by atoms with E-state index < -0.39 is 0 Å². The maximum Gasteiger partial charge on any atom is 0.275 e. The molecule has 0 bridgehead atoms. The van der Waals surface area contributed by atoms with Crippen molar-refractivity contribution >= 4 is 56.1 Å². The van der Waals surface area contributed by atoms with Gasteiger partial charge in [-0.15, -0.1) is 11.3 Å². The lowest BCUT2D eigenvalue weighted by Gasteiger charge is -1.96. The molecule has 2 aliphatic heterocycles. The third-order valence-corrected chi connectivity index (χ3v) is 6.71. The van der Waals surface area contributed by atoms with Crippen LogP contribution in [0.5, 0.6) is 0 Å². The van der Waals surface area contributed by atoms with Gasteiger partial charge in [0.25, 0.3) is 11.7 Å². The minimum Gasteiger partial charge on any atom is -0.355 e. The summed E-state index contributed by atoms with van der Waals surface area (Å²) in [6.45, 7) is 3.94. The zero-order chi connectivity index (χ0) is 19.9. The normalized spacial score (nSPS) is 16.3. The second-order valence-electron chi connectivity index (χ2n) is 7.72. The number of H-pyrrole nitrogens is 1. The molecule has 0 atom stereocenters. The van der Waals surface area contributed by atoms with Crippen molar-refractivity contribution < 1.29 is 9.98 Å². The first-order chi connectivity index (χ1) is 14.8. The quantitative estimate of drug-likeness (QED) is 0.337. The zero-order valence-electron chi connectivity index (χ0n) is 16.5. The van der Waals surface area contributed by atoms with Crippen molar-refractivity contribution in [3.8, 4) is 0 Å². The highest BCUT2D eigenvalue weighted by atomic mass is 32.1. The summed E-state index contributed by atoms with van der Waals surface area (Å²) in [7, 11) is 0. The summed E-state index contributed by atoms with van der Waals surface area (Å²) >= 11 is 1.83. The Bertz CT molecular complexity index is 1250. The summed E-state index contributed by atoms with van der Waals surface area (Å²) in [6.07, 6.45) is 4.36. The Morgan fingerprint density at radius 3 is 2.23 bits per heavy atom. The fourth-order valence-electron chi connectivity index (χ4n) is 4.14. The topological polar surface area (TPSA) is 67.8 Å². The molecule has 0 amide bonds. The van der Waals surface area contributed by atoms with Gasteiger partial charge in [-0.05, 0) is 53.9 Å². The minimum absolute atomic E-state index is 0.981. The number of hydrogen-bond donors (Lipinski definition) is 5. The average Bonchev–Trinajstić information content (AvgIpc) is 3.56. The Kier molecular flexibility index (Phi) is 4.16. The van der Waals surface area contributed by atoms with Crippen molar-refractivity contribution in [2.24, 2.45) is 0 Å². The highest BCUT2D eigenvalue weighted by Crippen LogP contribution is 2.28. The van der Waals surface area contributed by atoms with Crippen LogP contribution in [0.1, 0.15) is 21.7 Å². The monoisotopic (exact) mass is 413 g/mol. The molecule has 0 spiro atoms. The van der Waals surface area contributed by atoms with E-state index in [4.69, 9.17) is 0 Å². The Labute approximate surface area is 178 Å². The van der Waals surface area contributed by atoms with Crippen LogP contribution in [0.2, 0.25) is 0 Å². The molecular weight excluding hydrogens is 390 g/mol. The lowest BCUT2D eigenvalue weighted by molar-refractivity contribution is -0.444. The number of rotatable bonds is 4. The van der Waals surface area contributed by atoms with Gasteiger partial charge in [0.2, 0.25) is 0 Å². The van der Waals surface area contributed by atoms with Gasteiger partial charge in [-0.1, -0.05) is 12.1 Å². The molecule has 148 valence electrons. The Morgan fingerprint density at radius 2 is 1.50 bits per heavy atom. The van der Waals surface area contributed by atoms with Crippen molar-refractivity contribution in [3.63, 3.8) is 0 Å². The van der Waals surface area contributed by atoms with E-state index in [1.165, 1.54) is 31.5 Å². The highest BCUT2D eigenvalue weighted by molar-refractivity contribution is 7.19. The van der Waals surface area contributed by atoms with Gasteiger partial charge >= 0.3 is 0 Å². The van der Waals surface area contributed by atoms with Gasteiger partial charge in [0.05, 0.1) is 11.1 Å². The second kappa shape index (κ2) is 7.15. The van der Waals surface area contributed by atoms with Crippen LogP contribution in [0.4, 0.5) is 0 Å². The number of nitrogens with one attached hydrogen (secondary N) is 5. The standard InChI is InChI=1S/C24H21N5S/c1-3-17(23-25-7-8-26-23)13-21-15(1)11-19(29-21)5-6-20-12-16-2-4-18(14-22(16)30-20)24-27-9-10-28-24/h1-6,11-14,29H,7-10H2,(H,25,26)(H,27,28)/p+2. The van der Waals surface area contributed by atoms with Crippen LogP contribution in [0.15, 0.2) is 48.5 Å². The van der Waals surface area contributed by atoms with E-state index in [0.717, 1.165) is 49.1 Å². The first-order valence-corrected chi connectivity index (χ1v) is 11.2. The summed E-state index contributed by atoms with van der Waals surface area (Å²) in [6, 6.07) is 17.7. The molecule has 2 aromatic heterocycles. The summed E-state index contributed by atoms with van der Waals surface area (Å²) < 4.78 is 1.31. The van der Waals surface area contributed by atoms with Crippen LogP contribution < -0.4 is 20.6 Å². The van der Waals surface area contributed by atoms with Crippen LogP contribution in [0.25, 0.3) is 33.1 Å². The summed E-state index contributed by atoms with van der Waals surface area (Å²) in [5.74, 6) is 2.26. The van der Waals surface area contributed by atoms with Gasteiger partial charge in [-0.2, -0.15) is 0 Å².